The van der Waals surface area contributed by atoms with E-state index in [9.17, 15) is 19.2 Å². The third-order valence-electron chi connectivity index (χ3n) is 7.85. The molecule has 0 radical (unpaired) electrons. The molecule has 3 fully saturated rings. The van der Waals surface area contributed by atoms with Crippen molar-refractivity contribution >= 4 is 29.3 Å². The van der Waals surface area contributed by atoms with Gasteiger partial charge in [0.25, 0.3) is 5.91 Å². The van der Waals surface area contributed by atoms with Crippen LogP contribution in [0.4, 0.5) is 0 Å². The molecule has 38 heavy (non-hydrogen) atoms. The monoisotopic (exact) mass is 529 g/mol. The van der Waals surface area contributed by atoms with Crippen LogP contribution < -0.4 is 16.0 Å². The van der Waals surface area contributed by atoms with E-state index >= 15 is 0 Å². The van der Waals surface area contributed by atoms with Gasteiger partial charge in [-0.3, -0.25) is 24.6 Å². The summed E-state index contributed by atoms with van der Waals surface area (Å²) in [6, 6.07) is -2.19. The van der Waals surface area contributed by atoms with Gasteiger partial charge in [-0.1, -0.05) is 65.5 Å². The normalized spacial score (nSPS) is 21.9. The molecule has 0 unspecified atom stereocenters. The van der Waals surface area contributed by atoms with Crippen LogP contribution in [0.15, 0.2) is 12.2 Å². The minimum atomic E-state index is -0.797. The van der Waals surface area contributed by atoms with Gasteiger partial charge in [0.15, 0.2) is 0 Å². The zero-order valence-corrected chi connectivity index (χ0v) is 23.7. The lowest BCUT2D eigenvalue weighted by molar-refractivity contribution is -0.144. The number of carbonyl (C=O) groups is 4. The first kappa shape index (κ1) is 29.8. The van der Waals surface area contributed by atoms with Gasteiger partial charge in [-0.05, 0) is 49.9 Å². The second-order valence-corrected chi connectivity index (χ2v) is 12.5. The van der Waals surface area contributed by atoms with E-state index in [-0.39, 0.29) is 30.1 Å². The van der Waals surface area contributed by atoms with Crippen LogP contribution in [-0.4, -0.2) is 65.0 Å². The molecular weight excluding hydrogens is 482 g/mol. The van der Waals surface area contributed by atoms with Gasteiger partial charge in [-0.15, -0.1) is 0 Å². The lowest BCUT2D eigenvalue weighted by Gasteiger charge is -2.36. The average Bonchev–Trinajstić information content (AvgIpc) is 3.58. The lowest BCUT2D eigenvalue weighted by atomic mass is 9.84. The molecule has 1 heterocycles. The SMILES string of the molecule is C=C1C[C@@H](C(=O)N[C@@H](CCC)C(=N)C(=O)NC2CC2)N(C(=O)[C@@H](NC(=O)CC2CCCCC2)C(C)(C)C)C1. The van der Waals surface area contributed by atoms with Crippen molar-refractivity contribution in [3.63, 3.8) is 0 Å². The van der Waals surface area contributed by atoms with Crippen molar-refractivity contribution in [3.8, 4) is 0 Å². The number of carbonyl (C=O) groups excluding carboxylic acids is 4. The van der Waals surface area contributed by atoms with Gasteiger partial charge < -0.3 is 20.9 Å². The predicted molar refractivity (Wildman–Crippen MR) is 148 cm³/mol. The number of hydrogen-bond donors (Lipinski definition) is 4. The molecule has 0 aromatic rings. The first-order chi connectivity index (χ1) is 17.9. The molecule has 1 saturated heterocycles. The molecule has 0 bridgehead atoms. The highest BCUT2D eigenvalue weighted by atomic mass is 16.2. The fourth-order valence-corrected chi connectivity index (χ4v) is 5.45. The molecular formula is C29H47N5O4. The van der Waals surface area contributed by atoms with Crippen molar-refractivity contribution in [2.75, 3.05) is 6.54 Å². The number of likely N-dealkylation sites (tertiary alicyclic amines) is 1. The Balaban J connectivity index is 1.69. The number of rotatable bonds is 11. The highest BCUT2D eigenvalue weighted by Gasteiger charge is 2.43. The number of nitrogens with one attached hydrogen (secondary N) is 4. The van der Waals surface area contributed by atoms with Crippen molar-refractivity contribution in [2.24, 2.45) is 11.3 Å². The summed E-state index contributed by atoms with van der Waals surface area (Å²) in [5, 5.41) is 17.1. The molecule has 2 saturated carbocycles. The highest BCUT2D eigenvalue weighted by molar-refractivity contribution is 6.40. The molecule has 4 N–H and O–H groups in total. The second kappa shape index (κ2) is 12.9. The van der Waals surface area contributed by atoms with Crippen LogP contribution in [0.1, 0.15) is 98.3 Å². The molecule has 3 atom stereocenters. The topological polar surface area (TPSA) is 131 Å². The summed E-state index contributed by atoms with van der Waals surface area (Å²) in [5.74, 6) is -0.930. The molecule has 0 aromatic heterocycles. The molecule has 212 valence electrons. The summed E-state index contributed by atoms with van der Waals surface area (Å²) in [6.45, 7) is 11.9. The van der Waals surface area contributed by atoms with Gasteiger partial charge in [0.1, 0.15) is 17.8 Å². The Morgan fingerprint density at radius 1 is 1.05 bits per heavy atom. The fourth-order valence-electron chi connectivity index (χ4n) is 5.45. The van der Waals surface area contributed by atoms with Crippen molar-refractivity contribution in [2.45, 2.75) is 122 Å². The second-order valence-electron chi connectivity index (χ2n) is 12.5. The van der Waals surface area contributed by atoms with E-state index in [2.05, 4.69) is 22.5 Å². The van der Waals surface area contributed by atoms with Gasteiger partial charge in [-0.2, -0.15) is 0 Å². The largest absolute Gasteiger partial charge is 0.348 e. The van der Waals surface area contributed by atoms with Gasteiger partial charge in [0.05, 0.1) is 6.04 Å². The quantitative estimate of drug-likeness (QED) is 0.242. The van der Waals surface area contributed by atoms with Crippen LogP contribution in [0.5, 0.6) is 0 Å². The molecule has 4 amide bonds. The zero-order chi connectivity index (χ0) is 28.0. The molecule has 9 heteroatoms. The van der Waals surface area contributed by atoms with E-state index in [4.69, 9.17) is 5.41 Å². The van der Waals surface area contributed by atoms with Crippen LogP contribution in [0.3, 0.4) is 0 Å². The summed E-state index contributed by atoms with van der Waals surface area (Å²) in [7, 11) is 0. The van der Waals surface area contributed by atoms with Gasteiger partial charge in [0.2, 0.25) is 17.7 Å². The number of hydrogen-bond acceptors (Lipinski definition) is 5. The van der Waals surface area contributed by atoms with Crippen LogP contribution in [-0.2, 0) is 19.2 Å². The maximum atomic E-state index is 13.8. The first-order valence-electron chi connectivity index (χ1n) is 14.4. The zero-order valence-electron chi connectivity index (χ0n) is 23.7. The summed E-state index contributed by atoms with van der Waals surface area (Å²) in [5.41, 5.74) is 0.0375. The first-order valence-corrected chi connectivity index (χ1v) is 14.4. The van der Waals surface area contributed by atoms with Gasteiger partial charge in [0, 0.05) is 19.0 Å². The number of nitrogens with zero attached hydrogens (tertiary/aromatic N) is 1. The van der Waals surface area contributed by atoms with E-state index in [0.29, 0.717) is 31.6 Å². The number of amides is 4. The highest BCUT2D eigenvalue weighted by Crippen LogP contribution is 2.29. The van der Waals surface area contributed by atoms with Crippen molar-refractivity contribution in [1.29, 1.82) is 5.41 Å². The van der Waals surface area contributed by atoms with E-state index in [1.54, 1.807) is 0 Å². The third kappa shape index (κ3) is 8.14. The predicted octanol–water partition coefficient (Wildman–Crippen LogP) is 3.23. The van der Waals surface area contributed by atoms with Crippen molar-refractivity contribution < 1.29 is 19.2 Å². The van der Waals surface area contributed by atoms with Crippen molar-refractivity contribution in [1.82, 2.24) is 20.9 Å². The molecule has 3 rings (SSSR count). The maximum absolute atomic E-state index is 13.8. The van der Waals surface area contributed by atoms with E-state index in [0.717, 1.165) is 44.1 Å². The van der Waals surface area contributed by atoms with Gasteiger partial charge >= 0.3 is 0 Å². The average molecular weight is 530 g/mol. The van der Waals surface area contributed by atoms with Crippen LogP contribution >= 0.6 is 0 Å². The Bertz CT molecular complexity index is 930. The maximum Gasteiger partial charge on any atom is 0.267 e. The summed E-state index contributed by atoms with van der Waals surface area (Å²) in [4.78, 5) is 54.2. The third-order valence-corrected chi connectivity index (χ3v) is 7.85. The molecule has 0 aromatic carbocycles. The smallest absolute Gasteiger partial charge is 0.267 e. The standard InChI is InChI=1S/C29H47N5O4/c1-6-10-21(24(30)27(37)31-20-13-14-20)32-26(36)22-15-18(2)17-34(22)28(38)25(29(3,4)5)33-23(35)16-19-11-8-7-9-12-19/h19-22,25,30H,2,6-17H2,1,3-5H3,(H,31,37)(H,32,36)(H,33,35)/t21-,22-,25+/m0/s1. The Morgan fingerprint density at radius 2 is 1.71 bits per heavy atom. The Labute approximate surface area is 227 Å². The molecule has 0 spiro atoms. The summed E-state index contributed by atoms with van der Waals surface area (Å²) < 4.78 is 0. The lowest BCUT2D eigenvalue weighted by Crippen LogP contribution is -2.59. The van der Waals surface area contributed by atoms with Crippen LogP contribution in [0.25, 0.3) is 0 Å². The van der Waals surface area contributed by atoms with Crippen LogP contribution in [0, 0.1) is 16.7 Å². The van der Waals surface area contributed by atoms with Crippen LogP contribution in [0.2, 0.25) is 0 Å². The molecule has 3 aliphatic rings. The summed E-state index contributed by atoms with van der Waals surface area (Å²) >= 11 is 0. The molecule has 2 aliphatic carbocycles. The molecule has 9 nitrogen and oxygen atoms in total. The Morgan fingerprint density at radius 3 is 2.29 bits per heavy atom. The fraction of sp³-hybridized carbons (Fsp3) is 0.759. The molecule has 1 aliphatic heterocycles. The van der Waals surface area contributed by atoms with E-state index in [1.165, 1.54) is 11.3 Å². The Kier molecular flexibility index (Phi) is 10.1. The summed E-state index contributed by atoms with van der Waals surface area (Å²) in [6.07, 6.45) is 9.28. The van der Waals surface area contributed by atoms with E-state index < -0.39 is 35.4 Å². The van der Waals surface area contributed by atoms with Gasteiger partial charge in [-0.25, -0.2) is 0 Å². The minimum absolute atomic E-state index is 0.120. The minimum Gasteiger partial charge on any atom is -0.348 e. The van der Waals surface area contributed by atoms with Crippen molar-refractivity contribution in [3.05, 3.63) is 12.2 Å². The van der Waals surface area contributed by atoms with E-state index in [1.807, 2.05) is 27.7 Å². The Hall–Kier alpha value is -2.71.